The molecule has 1 aromatic carbocycles. The van der Waals surface area contributed by atoms with Crippen LogP contribution in [0.25, 0.3) is 0 Å². The van der Waals surface area contributed by atoms with Gasteiger partial charge in [-0.05, 0) is 49.9 Å². The molecule has 0 spiro atoms. The summed E-state index contributed by atoms with van der Waals surface area (Å²) >= 11 is 3.58. The number of ether oxygens (including phenoxy) is 2. The van der Waals surface area contributed by atoms with Crippen molar-refractivity contribution in [2.45, 2.75) is 46.3 Å². The van der Waals surface area contributed by atoms with Crippen molar-refractivity contribution in [1.29, 1.82) is 0 Å². The molecule has 1 saturated heterocycles. The standard InChI is InChI=1S/C17H26BrNO2/c1-12(2)9-19-10-14-8-15(18)7-13(3)17(14)21-11-16-5-4-6-20-16/h7-8,12,16,19H,4-6,9-11H2,1-3H3. The maximum absolute atomic E-state index is 6.08. The Morgan fingerprint density at radius 1 is 1.43 bits per heavy atom. The van der Waals surface area contributed by atoms with E-state index >= 15 is 0 Å². The van der Waals surface area contributed by atoms with Gasteiger partial charge in [-0.25, -0.2) is 0 Å². The third-order valence-electron chi connectivity index (χ3n) is 3.62. The van der Waals surface area contributed by atoms with Gasteiger partial charge in [-0.1, -0.05) is 29.8 Å². The van der Waals surface area contributed by atoms with Crippen LogP contribution in [0.15, 0.2) is 16.6 Å². The average molecular weight is 356 g/mol. The lowest BCUT2D eigenvalue weighted by molar-refractivity contribution is 0.0673. The molecule has 0 aromatic heterocycles. The summed E-state index contributed by atoms with van der Waals surface area (Å²) in [5, 5.41) is 3.49. The second-order valence-electron chi connectivity index (χ2n) is 6.18. The summed E-state index contributed by atoms with van der Waals surface area (Å²) in [4.78, 5) is 0. The Bertz CT molecular complexity index is 456. The highest BCUT2D eigenvalue weighted by Gasteiger charge is 2.18. The van der Waals surface area contributed by atoms with Crippen LogP contribution in [0, 0.1) is 12.8 Å². The molecule has 118 valence electrons. The van der Waals surface area contributed by atoms with E-state index in [2.05, 4.69) is 54.2 Å². The largest absolute Gasteiger partial charge is 0.490 e. The lowest BCUT2D eigenvalue weighted by Crippen LogP contribution is -2.21. The molecule has 1 aliphatic heterocycles. The van der Waals surface area contributed by atoms with Crippen molar-refractivity contribution in [2.24, 2.45) is 5.92 Å². The first-order valence-corrected chi connectivity index (χ1v) is 8.59. The quantitative estimate of drug-likeness (QED) is 0.799. The van der Waals surface area contributed by atoms with Gasteiger partial charge in [0.25, 0.3) is 0 Å². The van der Waals surface area contributed by atoms with Gasteiger partial charge in [0.15, 0.2) is 0 Å². The fourth-order valence-corrected chi connectivity index (χ4v) is 3.20. The first kappa shape index (κ1) is 16.8. The van der Waals surface area contributed by atoms with E-state index in [9.17, 15) is 0 Å². The fraction of sp³-hybridized carbons (Fsp3) is 0.647. The average Bonchev–Trinajstić information content (AvgIpc) is 2.90. The topological polar surface area (TPSA) is 30.5 Å². The van der Waals surface area contributed by atoms with Crippen LogP contribution in [0.2, 0.25) is 0 Å². The number of hydrogen-bond donors (Lipinski definition) is 1. The third kappa shape index (κ3) is 5.28. The van der Waals surface area contributed by atoms with E-state index in [1.165, 1.54) is 11.1 Å². The molecule has 0 bridgehead atoms. The first-order chi connectivity index (χ1) is 10.1. The first-order valence-electron chi connectivity index (χ1n) is 7.80. The van der Waals surface area contributed by atoms with E-state index in [-0.39, 0.29) is 6.10 Å². The molecular weight excluding hydrogens is 330 g/mol. The zero-order valence-electron chi connectivity index (χ0n) is 13.2. The number of benzene rings is 1. The monoisotopic (exact) mass is 355 g/mol. The predicted molar refractivity (Wildman–Crippen MR) is 89.9 cm³/mol. The summed E-state index contributed by atoms with van der Waals surface area (Å²) in [6, 6.07) is 4.25. The van der Waals surface area contributed by atoms with E-state index in [4.69, 9.17) is 9.47 Å². The van der Waals surface area contributed by atoms with Crippen LogP contribution in [0.3, 0.4) is 0 Å². The van der Waals surface area contributed by atoms with E-state index in [1.54, 1.807) is 0 Å². The molecule has 0 saturated carbocycles. The second kappa shape index (κ2) is 8.16. The molecule has 21 heavy (non-hydrogen) atoms. The van der Waals surface area contributed by atoms with Crippen molar-refractivity contribution >= 4 is 15.9 Å². The predicted octanol–water partition coefficient (Wildman–Crippen LogP) is 4.06. The molecule has 1 N–H and O–H groups in total. The van der Waals surface area contributed by atoms with E-state index in [0.29, 0.717) is 12.5 Å². The molecule has 1 aromatic rings. The van der Waals surface area contributed by atoms with Gasteiger partial charge in [0.2, 0.25) is 0 Å². The summed E-state index contributed by atoms with van der Waals surface area (Å²) in [6.45, 7) is 9.90. The van der Waals surface area contributed by atoms with Gasteiger partial charge in [-0.2, -0.15) is 0 Å². The van der Waals surface area contributed by atoms with Crippen LogP contribution in [-0.4, -0.2) is 25.9 Å². The van der Waals surface area contributed by atoms with Gasteiger partial charge in [0, 0.05) is 23.2 Å². The van der Waals surface area contributed by atoms with Crippen molar-refractivity contribution in [3.63, 3.8) is 0 Å². The highest BCUT2D eigenvalue weighted by Crippen LogP contribution is 2.29. The van der Waals surface area contributed by atoms with Crippen molar-refractivity contribution in [3.05, 3.63) is 27.7 Å². The molecule has 1 fully saturated rings. The molecule has 1 atom stereocenters. The summed E-state index contributed by atoms with van der Waals surface area (Å²) < 4.78 is 12.8. The molecule has 1 heterocycles. The maximum atomic E-state index is 6.08. The lowest BCUT2D eigenvalue weighted by atomic mass is 10.1. The fourth-order valence-electron chi connectivity index (χ4n) is 2.58. The van der Waals surface area contributed by atoms with Gasteiger partial charge in [0.05, 0.1) is 6.10 Å². The minimum absolute atomic E-state index is 0.254. The van der Waals surface area contributed by atoms with Crippen LogP contribution in [0.5, 0.6) is 5.75 Å². The van der Waals surface area contributed by atoms with E-state index in [1.807, 2.05) is 0 Å². The molecular formula is C17H26BrNO2. The molecule has 3 nitrogen and oxygen atoms in total. The molecule has 1 unspecified atom stereocenters. The Kier molecular flexibility index (Phi) is 6.52. The number of nitrogens with one attached hydrogen (secondary N) is 1. The van der Waals surface area contributed by atoms with Crippen molar-refractivity contribution in [1.82, 2.24) is 5.32 Å². The molecule has 4 heteroatoms. The van der Waals surface area contributed by atoms with Gasteiger partial charge in [0.1, 0.15) is 12.4 Å². The minimum Gasteiger partial charge on any atom is -0.490 e. The molecule has 0 amide bonds. The maximum Gasteiger partial charge on any atom is 0.126 e. The smallest absolute Gasteiger partial charge is 0.126 e. The number of halogens is 1. The Hall–Kier alpha value is -0.580. The third-order valence-corrected chi connectivity index (χ3v) is 4.08. The van der Waals surface area contributed by atoms with Crippen LogP contribution < -0.4 is 10.1 Å². The molecule has 2 rings (SSSR count). The van der Waals surface area contributed by atoms with Gasteiger partial charge in [-0.15, -0.1) is 0 Å². The van der Waals surface area contributed by atoms with E-state index in [0.717, 1.165) is 42.8 Å². The minimum atomic E-state index is 0.254. The van der Waals surface area contributed by atoms with E-state index < -0.39 is 0 Å². The zero-order chi connectivity index (χ0) is 15.2. The molecule has 1 aliphatic rings. The number of rotatable bonds is 7. The van der Waals surface area contributed by atoms with Gasteiger partial charge >= 0.3 is 0 Å². The summed E-state index contributed by atoms with van der Waals surface area (Å²) in [5.41, 5.74) is 2.38. The number of hydrogen-bond acceptors (Lipinski definition) is 3. The highest BCUT2D eigenvalue weighted by molar-refractivity contribution is 9.10. The Balaban J connectivity index is 2.02. The molecule has 0 radical (unpaired) electrons. The summed E-state index contributed by atoms with van der Waals surface area (Å²) in [6.07, 6.45) is 2.51. The normalized spacial score (nSPS) is 18.4. The van der Waals surface area contributed by atoms with Gasteiger partial charge < -0.3 is 14.8 Å². The van der Waals surface area contributed by atoms with Gasteiger partial charge in [-0.3, -0.25) is 0 Å². The van der Waals surface area contributed by atoms with Crippen LogP contribution in [-0.2, 0) is 11.3 Å². The Morgan fingerprint density at radius 3 is 2.90 bits per heavy atom. The summed E-state index contributed by atoms with van der Waals surface area (Å²) in [7, 11) is 0. The number of aryl methyl sites for hydroxylation is 1. The van der Waals surface area contributed by atoms with Crippen LogP contribution >= 0.6 is 15.9 Å². The SMILES string of the molecule is Cc1cc(Br)cc(CNCC(C)C)c1OCC1CCCO1. The zero-order valence-corrected chi connectivity index (χ0v) is 14.8. The second-order valence-corrected chi connectivity index (χ2v) is 7.10. The van der Waals surface area contributed by atoms with Crippen LogP contribution in [0.4, 0.5) is 0 Å². The van der Waals surface area contributed by atoms with Crippen molar-refractivity contribution in [3.8, 4) is 5.75 Å². The highest BCUT2D eigenvalue weighted by atomic mass is 79.9. The van der Waals surface area contributed by atoms with Crippen LogP contribution in [0.1, 0.15) is 37.8 Å². The van der Waals surface area contributed by atoms with Crippen molar-refractivity contribution < 1.29 is 9.47 Å². The molecule has 0 aliphatic carbocycles. The summed E-state index contributed by atoms with van der Waals surface area (Å²) in [5.74, 6) is 1.65. The van der Waals surface area contributed by atoms with Crippen molar-refractivity contribution in [2.75, 3.05) is 19.8 Å². The lowest BCUT2D eigenvalue weighted by Gasteiger charge is -2.18. The Labute approximate surface area is 136 Å². The Morgan fingerprint density at radius 2 is 2.24 bits per heavy atom.